The van der Waals surface area contributed by atoms with Gasteiger partial charge in [-0.2, -0.15) is 0 Å². The molecule has 3 N–H and O–H groups in total. The zero-order chi connectivity index (χ0) is 18.4. The zero-order valence-electron chi connectivity index (χ0n) is 15.5. The number of likely N-dealkylation sites (N-methyl/N-ethyl adjacent to an activating group) is 1. The Morgan fingerprint density at radius 2 is 1.92 bits per heavy atom. The van der Waals surface area contributed by atoms with Gasteiger partial charge in [0, 0.05) is 31.9 Å². The monoisotopic (exact) mass is 346 g/mol. The Morgan fingerprint density at radius 1 is 1.24 bits per heavy atom. The van der Waals surface area contributed by atoms with Gasteiger partial charge in [0.15, 0.2) is 0 Å². The number of carbonyl (C=O) groups is 2. The molecular formula is C19H30N4O2. The minimum atomic E-state index is -0.888. The fourth-order valence-electron chi connectivity index (χ4n) is 3.01. The summed E-state index contributed by atoms with van der Waals surface area (Å²) in [6.45, 7) is 7.11. The standard InChI is InChI=1S/C19H30N4O2/c1-4-8-19(2,20)18(25)21-16-7-5-6-15(13-16)14-17(24)23-11-9-22(3)10-12-23/h5-7,13H,4,8-12,14,20H2,1-3H3,(H,21,25). The maximum absolute atomic E-state index is 12.5. The highest BCUT2D eigenvalue weighted by Gasteiger charge is 2.27. The second kappa shape index (κ2) is 8.45. The van der Waals surface area contributed by atoms with Gasteiger partial charge in [0.1, 0.15) is 0 Å². The first kappa shape index (κ1) is 19.4. The Morgan fingerprint density at radius 3 is 2.56 bits per heavy atom. The van der Waals surface area contributed by atoms with Crippen LogP contribution in [0.25, 0.3) is 0 Å². The largest absolute Gasteiger partial charge is 0.340 e. The van der Waals surface area contributed by atoms with Crippen molar-refractivity contribution in [2.75, 3.05) is 38.5 Å². The molecule has 1 aromatic carbocycles. The molecule has 0 spiro atoms. The van der Waals surface area contributed by atoms with Gasteiger partial charge in [0.05, 0.1) is 12.0 Å². The van der Waals surface area contributed by atoms with Gasteiger partial charge < -0.3 is 20.9 Å². The first-order valence-electron chi connectivity index (χ1n) is 8.97. The van der Waals surface area contributed by atoms with Crippen LogP contribution in [0.1, 0.15) is 32.3 Å². The van der Waals surface area contributed by atoms with Crippen LogP contribution in [0.2, 0.25) is 0 Å². The Kier molecular flexibility index (Phi) is 6.56. The molecule has 138 valence electrons. The third-order valence-electron chi connectivity index (χ3n) is 4.68. The molecule has 6 heteroatoms. The van der Waals surface area contributed by atoms with Crippen molar-refractivity contribution in [2.24, 2.45) is 5.73 Å². The number of nitrogens with one attached hydrogen (secondary N) is 1. The highest BCUT2D eigenvalue weighted by Crippen LogP contribution is 2.16. The lowest BCUT2D eigenvalue weighted by Gasteiger charge is -2.32. The Labute approximate surface area is 150 Å². The molecule has 1 aliphatic rings. The Balaban J connectivity index is 1.96. The fraction of sp³-hybridized carbons (Fsp3) is 0.579. The number of rotatable bonds is 6. The molecule has 25 heavy (non-hydrogen) atoms. The van der Waals surface area contributed by atoms with Crippen LogP contribution in [0.15, 0.2) is 24.3 Å². The molecule has 0 aliphatic carbocycles. The summed E-state index contributed by atoms with van der Waals surface area (Å²) in [5, 5.41) is 2.87. The summed E-state index contributed by atoms with van der Waals surface area (Å²) in [7, 11) is 2.07. The Bertz CT molecular complexity index is 607. The fourth-order valence-corrected chi connectivity index (χ4v) is 3.01. The Hall–Kier alpha value is -1.92. The molecule has 0 radical (unpaired) electrons. The molecule has 0 saturated carbocycles. The quantitative estimate of drug-likeness (QED) is 0.817. The van der Waals surface area contributed by atoms with E-state index in [4.69, 9.17) is 5.73 Å². The van der Waals surface area contributed by atoms with Gasteiger partial charge >= 0.3 is 0 Å². The molecule has 1 heterocycles. The van der Waals surface area contributed by atoms with E-state index in [1.54, 1.807) is 6.92 Å². The number of amides is 2. The SMILES string of the molecule is CCCC(C)(N)C(=O)Nc1cccc(CC(=O)N2CCN(C)CC2)c1. The van der Waals surface area contributed by atoms with Crippen molar-refractivity contribution in [3.8, 4) is 0 Å². The predicted octanol–water partition coefficient (Wildman–Crippen LogP) is 1.46. The molecule has 1 unspecified atom stereocenters. The van der Waals surface area contributed by atoms with Crippen molar-refractivity contribution in [1.29, 1.82) is 0 Å². The van der Waals surface area contributed by atoms with Gasteiger partial charge in [0.2, 0.25) is 11.8 Å². The zero-order valence-corrected chi connectivity index (χ0v) is 15.5. The van der Waals surface area contributed by atoms with E-state index in [1.165, 1.54) is 0 Å². The normalized spacial score (nSPS) is 17.8. The summed E-state index contributed by atoms with van der Waals surface area (Å²) in [4.78, 5) is 28.9. The number of nitrogens with two attached hydrogens (primary N) is 1. The molecule has 1 saturated heterocycles. The van der Waals surface area contributed by atoms with Crippen molar-refractivity contribution in [1.82, 2.24) is 9.80 Å². The van der Waals surface area contributed by atoms with Crippen LogP contribution in [0, 0.1) is 0 Å². The highest BCUT2D eigenvalue weighted by atomic mass is 16.2. The van der Waals surface area contributed by atoms with Crippen LogP contribution in [0.5, 0.6) is 0 Å². The molecule has 1 fully saturated rings. The number of nitrogens with zero attached hydrogens (tertiary/aromatic N) is 2. The van der Waals surface area contributed by atoms with Crippen molar-refractivity contribution < 1.29 is 9.59 Å². The lowest BCUT2D eigenvalue weighted by molar-refractivity contribution is -0.132. The average Bonchev–Trinajstić information content (AvgIpc) is 2.55. The van der Waals surface area contributed by atoms with E-state index in [1.807, 2.05) is 36.1 Å². The van der Waals surface area contributed by atoms with Crippen LogP contribution in [0.3, 0.4) is 0 Å². The van der Waals surface area contributed by atoms with Gasteiger partial charge in [-0.3, -0.25) is 9.59 Å². The summed E-state index contributed by atoms with van der Waals surface area (Å²) in [6, 6.07) is 7.45. The van der Waals surface area contributed by atoms with Crippen molar-refractivity contribution in [3.63, 3.8) is 0 Å². The highest BCUT2D eigenvalue weighted by molar-refractivity contribution is 5.97. The molecular weight excluding hydrogens is 316 g/mol. The third-order valence-corrected chi connectivity index (χ3v) is 4.68. The van der Waals surface area contributed by atoms with Crippen LogP contribution >= 0.6 is 0 Å². The molecule has 1 atom stereocenters. The minimum absolute atomic E-state index is 0.131. The van der Waals surface area contributed by atoms with E-state index in [9.17, 15) is 9.59 Å². The van der Waals surface area contributed by atoms with Crippen LogP contribution in [-0.2, 0) is 16.0 Å². The lowest BCUT2D eigenvalue weighted by Crippen LogP contribution is -2.48. The van der Waals surface area contributed by atoms with E-state index < -0.39 is 5.54 Å². The third kappa shape index (κ3) is 5.54. The van der Waals surface area contributed by atoms with E-state index in [-0.39, 0.29) is 11.8 Å². The summed E-state index contributed by atoms with van der Waals surface area (Å²) < 4.78 is 0. The number of carbonyl (C=O) groups excluding carboxylic acids is 2. The molecule has 2 amide bonds. The number of piperazine rings is 1. The number of hydrogen-bond acceptors (Lipinski definition) is 4. The van der Waals surface area contributed by atoms with Gasteiger partial charge in [-0.1, -0.05) is 25.5 Å². The molecule has 6 nitrogen and oxygen atoms in total. The van der Waals surface area contributed by atoms with E-state index >= 15 is 0 Å². The number of benzene rings is 1. The second-order valence-electron chi connectivity index (χ2n) is 7.18. The van der Waals surface area contributed by atoms with Crippen LogP contribution < -0.4 is 11.1 Å². The number of anilines is 1. The molecule has 2 rings (SSSR count). The van der Waals surface area contributed by atoms with Crippen molar-refractivity contribution in [3.05, 3.63) is 29.8 Å². The number of hydrogen-bond donors (Lipinski definition) is 2. The van der Waals surface area contributed by atoms with E-state index in [0.29, 0.717) is 18.5 Å². The van der Waals surface area contributed by atoms with Crippen molar-refractivity contribution in [2.45, 2.75) is 38.6 Å². The maximum Gasteiger partial charge on any atom is 0.244 e. The average molecular weight is 346 g/mol. The van der Waals surface area contributed by atoms with Gasteiger partial charge in [0.25, 0.3) is 0 Å². The maximum atomic E-state index is 12.5. The molecule has 0 aromatic heterocycles. The van der Waals surface area contributed by atoms with Crippen LogP contribution in [-0.4, -0.2) is 60.4 Å². The second-order valence-corrected chi connectivity index (χ2v) is 7.18. The summed E-state index contributed by atoms with van der Waals surface area (Å²) in [6.07, 6.45) is 1.82. The summed E-state index contributed by atoms with van der Waals surface area (Å²) in [5.41, 5.74) is 6.76. The van der Waals surface area contributed by atoms with Crippen LogP contribution in [0.4, 0.5) is 5.69 Å². The summed E-state index contributed by atoms with van der Waals surface area (Å²) in [5.74, 6) is -0.0666. The predicted molar refractivity (Wildman–Crippen MR) is 100 cm³/mol. The van der Waals surface area contributed by atoms with Gasteiger partial charge in [-0.15, -0.1) is 0 Å². The summed E-state index contributed by atoms with van der Waals surface area (Å²) >= 11 is 0. The first-order chi connectivity index (χ1) is 11.8. The van der Waals surface area contributed by atoms with E-state index in [2.05, 4.69) is 17.3 Å². The lowest BCUT2D eigenvalue weighted by atomic mass is 9.96. The molecule has 1 aromatic rings. The van der Waals surface area contributed by atoms with Gasteiger partial charge in [-0.25, -0.2) is 0 Å². The smallest absolute Gasteiger partial charge is 0.244 e. The van der Waals surface area contributed by atoms with Crippen molar-refractivity contribution >= 4 is 17.5 Å². The molecule has 0 bridgehead atoms. The van der Waals surface area contributed by atoms with Gasteiger partial charge in [-0.05, 0) is 38.1 Å². The first-order valence-corrected chi connectivity index (χ1v) is 8.97. The van der Waals surface area contributed by atoms with E-state index in [0.717, 1.165) is 38.2 Å². The minimum Gasteiger partial charge on any atom is -0.340 e. The molecule has 1 aliphatic heterocycles. The topological polar surface area (TPSA) is 78.7 Å².